The average Bonchev–Trinajstić information content (AvgIpc) is 3.43. The first-order valence-corrected chi connectivity index (χ1v) is 10.6. The summed E-state index contributed by atoms with van der Waals surface area (Å²) in [6, 6.07) is 10.8. The third kappa shape index (κ3) is 3.90. The van der Waals surface area contributed by atoms with Crippen molar-refractivity contribution in [2.24, 2.45) is 0 Å². The van der Waals surface area contributed by atoms with Crippen LogP contribution < -0.4 is 5.32 Å². The molecule has 0 bridgehead atoms. The predicted molar refractivity (Wildman–Crippen MR) is 117 cm³/mol. The zero-order chi connectivity index (χ0) is 24.0. The molecule has 7 nitrogen and oxygen atoms in total. The topological polar surface area (TPSA) is 79.8 Å². The molecule has 1 N–H and O–H groups in total. The second kappa shape index (κ2) is 8.21. The van der Waals surface area contributed by atoms with Crippen molar-refractivity contribution in [3.05, 3.63) is 83.2 Å². The quantitative estimate of drug-likeness (QED) is 0.458. The summed E-state index contributed by atoms with van der Waals surface area (Å²) in [5, 5.41) is 2.58. The number of aromatic nitrogens is 2. The Labute approximate surface area is 195 Å². The first kappa shape index (κ1) is 22.0. The van der Waals surface area contributed by atoms with E-state index in [0.29, 0.717) is 11.1 Å². The fraction of sp³-hybridized carbons (Fsp3) is 0.174. The van der Waals surface area contributed by atoms with Crippen LogP contribution in [0.15, 0.2) is 65.6 Å². The molecule has 4 heterocycles. The first-order chi connectivity index (χ1) is 16.2. The maximum absolute atomic E-state index is 13.8. The van der Waals surface area contributed by atoms with Gasteiger partial charge in [-0.1, -0.05) is 29.8 Å². The van der Waals surface area contributed by atoms with E-state index in [2.05, 4.69) is 10.3 Å². The third-order valence-corrected chi connectivity index (χ3v) is 5.93. The number of likely N-dealkylation sites (tertiary alicyclic amines) is 1. The summed E-state index contributed by atoms with van der Waals surface area (Å²) in [7, 11) is 0. The number of benzene rings is 1. The minimum atomic E-state index is -4.72. The number of alkyl halides is 3. The highest BCUT2D eigenvalue weighted by molar-refractivity contribution is 6.33. The number of hydrogen-bond donors (Lipinski definition) is 1. The molecule has 0 radical (unpaired) electrons. The Hall–Kier alpha value is -3.79. The molecular weight excluding hydrogens is 473 g/mol. The minimum absolute atomic E-state index is 0.188. The number of nitrogens with one attached hydrogen (secondary N) is 1. The van der Waals surface area contributed by atoms with Crippen molar-refractivity contribution in [1.29, 1.82) is 0 Å². The van der Waals surface area contributed by atoms with Gasteiger partial charge in [0, 0.05) is 36.0 Å². The lowest BCUT2D eigenvalue weighted by Gasteiger charge is -2.39. The second-order valence-corrected chi connectivity index (χ2v) is 8.20. The standard InChI is InChI=1S/C23H16ClF3N4O3/c24-19-18(22(33)30-10-16(11-30)28-21(32)13-4-2-1-3-5-13)29-20-17(23(25,26)27)8-15(9-31(19)20)14-6-7-34-12-14/h1-9,12,16H,10-11H2,(H,28,32). The molecule has 1 aliphatic heterocycles. The van der Waals surface area contributed by atoms with E-state index in [1.807, 2.05) is 0 Å². The Bertz CT molecular complexity index is 1380. The van der Waals surface area contributed by atoms with Crippen molar-refractivity contribution >= 4 is 29.1 Å². The number of halogens is 4. The summed E-state index contributed by atoms with van der Waals surface area (Å²) in [5.41, 5.74) is -0.663. The summed E-state index contributed by atoms with van der Waals surface area (Å²) < 4.78 is 47.3. The van der Waals surface area contributed by atoms with Gasteiger partial charge in [0.05, 0.1) is 24.1 Å². The molecule has 5 rings (SSSR count). The van der Waals surface area contributed by atoms with Gasteiger partial charge < -0.3 is 14.6 Å². The van der Waals surface area contributed by atoms with E-state index in [0.717, 1.165) is 10.5 Å². The molecule has 3 aromatic heterocycles. The molecule has 0 aliphatic carbocycles. The molecule has 1 aliphatic rings. The maximum atomic E-state index is 13.8. The van der Waals surface area contributed by atoms with Crippen molar-refractivity contribution in [3.8, 4) is 11.1 Å². The van der Waals surface area contributed by atoms with Crippen molar-refractivity contribution in [2.45, 2.75) is 12.2 Å². The van der Waals surface area contributed by atoms with Gasteiger partial charge >= 0.3 is 6.18 Å². The number of pyridine rings is 1. The lowest BCUT2D eigenvalue weighted by Crippen LogP contribution is -2.61. The van der Waals surface area contributed by atoms with Crippen LogP contribution in [0.3, 0.4) is 0 Å². The molecule has 174 valence electrons. The largest absolute Gasteiger partial charge is 0.472 e. The average molecular weight is 489 g/mol. The van der Waals surface area contributed by atoms with Crippen LogP contribution in [-0.2, 0) is 6.18 Å². The van der Waals surface area contributed by atoms with Gasteiger partial charge in [-0.2, -0.15) is 13.2 Å². The van der Waals surface area contributed by atoms with Crippen LogP contribution in [0.1, 0.15) is 26.4 Å². The van der Waals surface area contributed by atoms with E-state index in [1.165, 1.54) is 29.7 Å². The minimum Gasteiger partial charge on any atom is -0.472 e. The normalized spacial score (nSPS) is 14.3. The zero-order valence-electron chi connectivity index (χ0n) is 17.3. The van der Waals surface area contributed by atoms with E-state index in [1.54, 1.807) is 30.3 Å². The van der Waals surface area contributed by atoms with E-state index in [-0.39, 0.29) is 41.4 Å². The van der Waals surface area contributed by atoms with Crippen LogP contribution in [0.5, 0.6) is 0 Å². The van der Waals surface area contributed by atoms with Gasteiger partial charge in [0.2, 0.25) is 0 Å². The molecule has 4 aromatic rings. The molecule has 0 unspecified atom stereocenters. The van der Waals surface area contributed by atoms with Gasteiger partial charge in [-0.25, -0.2) is 4.98 Å². The van der Waals surface area contributed by atoms with Crippen LogP contribution in [0.2, 0.25) is 5.15 Å². The lowest BCUT2D eigenvalue weighted by atomic mass is 10.1. The van der Waals surface area contributed by atoms with Gasteiger partial charge in [-0.3, -0.25) is 14.0 Å². The Morgan fingerprint density at radius 2 is 1.85 bits per heavy atom. The van der Waals surface area contributed by atoms with E-state index in [4.69, 9.17) is 16.0 Å². The van der Waals surface area contributed by atoms with Gasteiger partial charge in [-0.15, -0.1) is 0 Å². The van der Waals surface area contributed by atoms with Crippen molar-refractivity contribution in [2.75, 3.05) is 13.1 Å². The van der Waals surface area contributed by atoms with E-state index < -0.39 is 23.3 Å². The summed E-state index contributed by atoms with van der Waals surface area (Å²) >= 11 is 6.33. The maximum Gasteiger partial charge on any atom is 0.420 e. The van der Waals surface area contributed by atoms with Crippen LogP contribution in [-0.4, -0.2) is 45.2 Å². The number of furan rings is 1. The number of rotatable bonds is 4. The Morgan fingerprint density at radius 3 is 2.50 bits per heavy atom. The lowest BCUT2D eigenvalue weighted by molar-refractivity contribution is -0.136. The summed E-state index contributed by atoms with van der Waals surface area (Å²) in [6.45, 7) is 0.377. The fourth-order valence-corrected chi connectivity index (χ4v) is 4.04. The van der Waals surface area contributed by atoms with Gasteiger partial charge in [-0.05, 0) is 24.3 Å². The van der Waals surface area contributed by atoms with E-state index in [9.17, 15) is 22.8 Å². The number of amides is 2. The summed E-state index contributed by atoms with van der Waals surface area (Å²) in [5.74, 6) is -0.887. The van der Waals surface area contributed by atoms with Crippen LogP contribution in [0.4, 0.5) is 13.2 Å². The molecular formula is C23H16ClF3N4O3. The third-order valence-electron chi connectivity index (χ3n) is 5.56. The predicted octanol–water partition coefficient (Wildman–Crippen LogP) is 4.52. The van der Waals surface area contributed by atoms with Crippen molar-refractivity contribution in [3.63, 3.8) is 0 Å². The molecule has 0 spiro atoms. The molecule has 0 saturated carbocycles. The molecule has 1 aromatic carbocycles. The second-order valence-electron chi connectivity index (χ2n) is 7.84. The van der Waals surface area contributed by atoms with Crippen molar-refractivity contribution in [1.82, 2.24) is 19.6 Å². The van der Waals surface area contributed by atoms with Crippen LogP contribution in [0, 0.1) is 0 Å². The Kier molecular flexibility index (Phi) is 5.32. The van der Waals surface area contributed by atoms with Gasteiger partial charge in [0.15, 0.2) is 11.3 Å². The van der Waals surface area contributed by atoms with Crippen LogP contribution in [0.25, 0.3) is 16.8 Å². The number of hydrogen-bond acceptors (Lipinski definition) is 4. The smallest absolute Gasteiger partial charge is 0.420 e. The highest BCUT2D eigenvalue weighted by Crippen LogP contribution is 2.37. The molecule has 0 atom stereocenters. The van der Waals surface area contributed by atoms with Gasteiger partial charge in [0.1, 0.15) is 5.15 Å². The SMILES string of the molecule is O=C(NC1CN(C(=O)c2nc3c(C(F)(F)F)cc(-c4ccoc4)cn3c2Cl)C1)c1ccccc1. The number of nitrogens with zero attached hydrogens (tertiary/aromatic N) is 3. The Balaban J connectivity index is 1.39. The fourth-order valence-electron chi connectivity index (χ4n) is 3.79. The number of imidazole rings is 1. The van der Waals surface area contributed by atoms with Crippen molar-refractivity contribution < 1.29 is 27.2 Å². The Morgan fingerprint density at radius 1 is 1.12 bits per heavy atom. The molecule has 11 heteroatoms. The van der Waals surface area contributed by atoms with Gasteiger partial charge in [0.25, 0.3) is 11.8 Å². The number of carbonyl (C=O) groups is 2. The highest BCUT2D eigenvalue weighted by atomic mass is 35.5. The number of carbonyl (C=O) groups excluding carboxylic acids is 2. The molecule has 1 fully saturated rings. The van der Waals surface area contributed by atoms with E-state index >= 15 is 0 Å². The monoisotopic (exact) mass is 488 g/mol. The molecule has 34 heavy (non-hydrogen) atoms. The van der Waals surface area contributed by atoms with Crippen LogP contribution >= 0.6 is 11.6 Å². The summed E-state index contributed by atoms with van der Waals surface area (Å²) in [6.07, 6.45) is -0.698. The molecule has 2 amide bonds. The summed E-state index contributed by atoms with van der Waals surface area (Å²) in [4.78, 5) is 30.5. The zero-order valence-corrected chi connectivity index (χ0v) is 18.1. The highest BCUT2D eigenvalue weighted by Gasteiger charge is 2.38. The number of fused-ring (bicyclic) bond motifs is 1. The molecule has 1 saturated heterocycles. The first-order valence-electron chi connectivity index (χ1n) is 10.2.